The van der Waals surface area contributed by atoms with Crippen LogP contribution in [0.2, 0.25) is 0 Å². The lowest BCUT2D eigenvalue weighted by atomic mass is 10.1. The van der Waals surface area contributed by atoms with Crippen molar-refractivity contribution in [3.8, 4) is 5.88 Å². The van der Waals surface area contributed by atoms with Crippen LogP contribution in [-0.2, 0) is 0 Å². The van der Waals surface area contributed by atoms with Crippen LogP contribution in [-0.4, -0.2) is 23.1 Å². The summed E-state index contributed by atoms with van der Waals surface area (Å²) < 4.78 is 5.82. The highest BCUT2D eigenvalue weighted by molar-refractivity contribution is 5.38. The molecule has 0 bridgehead atoms. The van der Waals surface area contributed by atoms with E-state index in [1.807, 2.05) is 13.1 Å². The van der Waals surface area contributed by atoms with E-state index in [0.717, 1.165) is 11.6 Å². The lowest BCUT2D eigenvalue weighted by molar-refractivity contribution is 0.162. The van der Waals surface area contributed by atoms with Gasteiger partial charge >= 0.3 is 0 Å². The minimum absolute atomic E-state index is 0.148. The monoisotopic (exact) mass is 237 g/mol. The van der Waals surface area contributed by atoms with Crippen LogP contribution in [0.3, 0.4) is 0 Å². The molecule has 1 aromatic heterocycles. The van der Waals surface area contributed by atoms with Crippen molar-refractivity contribution < 1.29 is 4.74 Å². The molecule has 1 unspecified atom stereocenters. The van der Waals surface area contributed by atoms with Crippen molar-refractivity contribution in [3.63, 3.8) is 0 Å². The Bertz CT molecular complexity index is 364. The second-order valence-electron chi connectivity index (χ2n) is 4.92. The SMILES string of the molecule is CNc1cc(OC(C)C(C)C)nc(C(C)C)n1. The van der Waals surface area contributed by atoms with Crippen LogP contribution in [0.5, 0.6) is 5.88 Å². The number of hydrogen-bond acceptors (Lipinski definition) is 4. The Kier molecular flexibility index (Phi) is 4.73. The molecule has 0 radical (unpaired) electrons. The van der Waals surface area contributed by atoms with Crippen LogP contribution in [0.1, 0.15) is 46.4 Å². The second-order valence-corrected chi connectivity index (χ2v) is 4.92. The van der Waals surface area contributed by atoms with Gasteiger partial charge in [0.15, 0.2) is 0 Å². The first kappa shape index (κ1) is 13.7. The summed E-state index contributed by atoms with van der Waals surface area (Å²) in [5.41, 5.74) is 0. The molecule has 96 valence electrons. The Morgan fingerprint density at radius 1 is 1.12 bits per heavy atom. The first-order valence-corrected chi connectivity index (χ1v) is 6.17. The summed E-state index contributed by atoms with van der Waals surface area (Å²) in [6, 6.07) is 1.84. The molecule has 0 amide bonds. The summed E-state index contributed by atoms with van der Waals surface area (Å²) in [6.45, 7) is 10.5. The van der Waals surface area contributed by atoms with E-state index in [-0.39, 0.29) is 6.10 Å². The van der Waals surface area contributed by atoms with Gasteiger partial charge in [-0.2, -0.15) is 4.98 Å². The molecule has 17 heavy (non-hydrogen) atoms. The van der Waals surface area contributed by atoms with Crippen molar-refractivity contribution in [1.29, 1.82) is 0 Å². The lowest BCUT2D eigenvalue weighted by Gasteiger charge is -2.18. The topological polar surface area (TPSA) is 47.0 Å². The molecular weight excluding hydrogens is 214 g/mol. The van der Waals surface area contributed by atoms with E-state index >= 15 is 0 Å². The summed E-state index contributed by atoms with van der Waals surface area (Å²) in [5.74, 6) is 3.01. The number of nitrogens with zero attached hydrogens (tertiary/aromatic N) is 2. The average molecular weight is 237 g/mol. The summed E-state index contributed by atoms with van der Waals surface area (Å²) >= 11 is 0. The van der Waals surface area contributed by atoms with Crippen molar-refractivity contribution >= 4 is 5.82 Å². The fraction of sp³-hybridized carbons (Fsp3) is 0.692. The van der Waals surface area contributed by atoms with Crippen LogP contribution in [0.15, 0.2) is 6.07 Å². The van der Waals surface area contributed by atoms with Gasteiger partial charge in [0.05, 0.1) is 6.10 Å². The molecule has 4 heteroatoms. The number of aromatic nitrogens is 2. The van der Waals surface area contributed by atoms with Gasteiger partial charge < -0.3 is 10.1 Å². The first-order valence-electron chi connectivity index (χ1n) is 6.17. The quantitative estimate of drug-likeness (QED) is 0.855. The molecule has 1 aromatic rings. The maximum atomic E-state index is 5.82. The fourth-order valence-corrected chi connectivity index (χ4v) is 1.22. The van der Waals surface area contributed by atoms with Gasteiger partial charge in [-0.05, 0) is 12.8 Å². The summed E-state index contributed by atoms with van der Waals surface area (Å²) in [7, 11) is 1.85. The normalized spacial score (nSPS) is 12.9. The molecule has 1 heterocycles. The van der Waals surface area contributed by atoms with Crippen LogP contribution in [0.4, 0.5) is 5.82 Å². The number of rotatable bonds is 5. The number of nitrogens with one attached hydrogen (secondary N) is 1. The molecular formula is C13H23N3O. The minimum Gasteiger partial charge on any atom is -0.474 e. The van der Waals surface area contributed by atoms with Crippen LogP contribution >= 0.6 is 0 Å². The molecule has 1 rings (SSSR count). The maximum Gasteiger partial charge on any atom is 0.219 e. The third-order valence-electron chi connectivity index (χ3n) is 2.74. The smallest absolute Gasteiger partial charge is 0.219 e. The number of ether oxygens (including phenoxy) is 1. The minimum atomic E-state index is 0.148. The van der Waals surface area contributed by atoms with Crippen LogP contribution < -0.4 is 10.1 Å². The zero-order chi connectivity index (χ0) is 13.0. The van der Waals surface area contributed by atoms with Crippen molar-refractivity contribution in [3.05, 3.63) is 11.9 Å². The van der Waals surface area contributed by atoms with E-state index in [2.05, 4.69) is 49.9 Å². The van der Waals surface area contributed by atoms with E-state index < -0.39 is 0 Å². The van der Waals surface area contributed by atoms with Crippen molar-refractivity contribution in [2.24, 2.45) is 5.92 Å². The third-order valence-corrected chi connectivity index (χ3v) is 2.74. The van der Waals surface area contributed by atoms with E-state index in [1.165, 1.54) is 0 Å². The second kappa shape index (κ2) is 5.84. The highest BCUT2D eigenvalue weighted by atomic mass is 16.5. The fourth-order valence-electron chi connectivity index (χ4n) is 1.22. The Morgan fingerprint density at radius 3 is 2.24 bits per heavy atom. The zero-order valence-electron chi connectivity index (χ0n) is 11.6. The molecule has 0 saturated carbocycles. The van der Waals surface area contributed by atoms with E-state index in [0.29, 0.717) is 17.7 Å². The Balaban J connectivity index is 2.94. The van der Waals surface area contributed by atoms with Gasteiger partial charge in [-0.15, -0.1) is 0 Å². The summed E-state index contributed by atoms with van der Waals surface area (Å²) in [4.78, 5) is 8.83. The molecule has 0 aliphatic rings. The largest absolute Gasteiger partial charge is 0.474 e. The molecule has 0 aromatic carbocycles. The van der Waals surface area contributed by atoms with Gasteiger partial charge in [-0.1, -0.05) is 27.7 Å². The molecule has 0 aliphatic heterocycles. The first-order chi connectivity index (χ1) is 7.93. The average Bonchev–Trinajstić information content (AvgIpc) is 2.28. The Morgan fingerprint density at radius 2 is 1.76 bits per heavy atom. The van der Waals surface area contributed by atoms with E-state index in [9.17, 15) is 0 Å². The molecule has 0 aliphatic carbocycles. The van der Waals surface area contributed by atoms with Crippen LogP contribution in [0.25, 0.3) is 0 Å². The molecule has 0 spiro atoms. The highest BCUT2D eigenvalue weighted by Gasteiger charge is 2.13. The molecule has 0 fully saturated rings. The van der Waals surface area contributed by atoms with Gasteiger partial charge in [0, 0.05) is 19.0 Å². The van der Waals surface area contributed by atoms with Crippen molar-refractivity contribution in [2.45, 2.75) is 46.6 Å². The van der Waals surface area contributed by atoms with Gasteiger partial charge in [-0.25, -0.2) is 4.98 Å². The molecule has 1 atom stereocenters. The molecule has 4 nitrogen and oxygen atoms in total. The van der Waals surface area contributed by atoms with Crippen LogP contribution in [0, 0.1) is 5.92 Å². The molecule has 0 saturated heterocycles. The van der Waals surface area contributed by atoms with E-state index in [4.69, 9.17) is 4.74 Å². The van der Waals surface area contributed by atoms with Gasteiger partial charge in [-0.3, -0.25) is 0 Å². The van der Waals surface area contributed by atoms with E-state index in [1.54, 1.807) is 0 Å². The predicted molar refractivity (Wildman–Crippen MR) is 70.6 cm³/mol. The number of anilines is 1. The van der Waals surface area contributed by atoms with Gasteiger partial charge in [0.25, 0.3) is 0 Å². The van der Waals surface area contributed by atoms with Crippen molar-refractivity contribution in [2.75, 3.05) is 12.4 Å². The summed E-state index contributed by atoms with van der Waals surface area (Å²) in [6.07, 6.45) is 0.148. The molecule has 1 N–H and O–H groups in total. The van der Waals surface area contributed by atoms with Gasteiger partial charge in [0.1, 0.15) is 11.6 Å². The third kappa shape index (κ3) is 3.88. The lowest BCUT2D eigenvalue weighted by Crippen LogP contribution is -2.20. The maximum absolute atomic E-state index is 5.82. The zero-order valence-corrected chi connectivity index (χ0v) is 11.6. The highest BCUT2D eigenvalue weighted by Crippen LogP contribution is 2.20. The number of hydrogen-bond donors (Lipinski definition) is 1. The Hall–Kier alpha value is -1.32. The Labute approximate surface area is 104 Å². The van der Waals surface area contributed by atoms with Gasteiger partial charge in [0.2, 0.25) is 5.88 Å². The predicted octanol–water partition coefficient (Wildman–Crippen LogP) is 3.07. The van der Waals surface area contributed by atoms with Crippen molar-refractivity contribution in [1.82, 2.24) is 9.97 Å². The standard InChI is InChI=1S/C13H23N3O/c1-8(2)10(5)17-12-7-11(14-6)15-13(16-12)9(3)4/h7-10H,1-6H3,(H,14,15,16). The summed E-state index contributed by atoms with van der Waals surface area (Å²) in [5, 5.41) is 3.03.